The van der Waals surface area contributed by atoms with Gasteiger partial charge in [-0.25, -0.2) is 0 Å². The number of hydrogen-bond donors (Lipinski definition) is 1. The lowest BCUT2D eigenvalue weighted by Crippen LogP contribution is -2.59. The number of hydrogen-bond acceptors (Lipinski definition) is 1. The van der Waals surface area contributed by atoms with Gasteiger partial charge in [-0.05, 0) is 115 Å². The summed E-state index contributed by atoms with van der Waals surface area (Å²) in [6.07, 6.45) is 13.7. The molecule has 4 aliphatic rings. The van der Waals surface area contributed by atoms with Crippen LogP contribution in [0.4, 0.5) is 0 Å². The van der Waals surface area contributed by atoms with E-state index < -0.39 is 0 Å². The van der Waals surface area contributed by atoms with Crippen LogP contribution in [0, 0.1) is 64.1 Å². The van der Waals surface area contributed by atoms with Crippen LogP contribution in [-0.2, 0) is 0 Å². The Labute approximate surface area is 188 Å². The Kier molecular flexibility index (Phi) is 6.47. The maximum Gasteiger partial charge on any atom is 0.0599 e. The normalized spacial score (nSPS) is 50.5. The van der Waals surface area contributed by atoms with Crippen molar-refractivity contribution in [2.75, 3.05) is 0 Å². The summed E-state index contributed by atoms with van der Waals surface area (Å²) in [7, 11) is 0. The van der Waals surface area contributed by atoms with E-state index in [1.54, 1.807) is 0 Å². The summed E-state index contributed by atoms with van der Waals surface area (Å²) in [4.78, 5) is 0. The average molecular weight is 417 g/mol. The van der Waals surface area contributed by atoms with Gasteiger partial charge in [-0.3, -0.25) is 0 Å². The molecule has 4 saturated carbocycles. The van der Waals surface area contributed by atoms with Crippen LogP contribution >= 0.6 is 0 Å². The van der Waals surface area contributed by atoms with Crippen LogP contribution < -0.4 is 0 Å². The molecule has 174 valence electrons. The second kappa shape index (κ2) is 8.39. The van der Waals surface area contributed by atoms with Crippen LogP contribution in [0.1, 0.15) is 113 Å². The number of aliphatic hydroxyl groups excluding tert-OH is 1. The molecule has 0 aromatic carbocycles. The van der Waals surface area contributed by atoms with Crippen LogP contribution in [-0.4, -0.2) is 11.2 Å². The first kappa shape index (κ1) is 23.1. The lowest BCUT2D eigenvalue weighted by molar-refractivity contribution is -0.177. The maximum atomic E-state index is 11.2. The molecule has 0 aliphatic heterocycles. The minimum atomic E-state index is -0.0514. The molecule has 0 saturated heterocycles. The van der Waals surface area contributed by atoms with Crippen LogP contribution in [0.25, 0.3) is 0 Å². The Hall–Kier alpha value is -0.0400. The Bertz CT molecular complexity index is 597. The van der Waals surface area contributed by atoms with Crippen molar-refractivity contribution in [3.05, 3.63) is 0 Å². The Morgan fingerprint density at radius 1 is 0.800 bits per heavy atom. The molecular weight excluding hydrogens is 364 g/mol. The molecule has 0 amide bonds. The summed E-state index contributed by atoms with van der Waals surface area (Å²) in [6, 6.07) is 0. The van der Waals surface area contributed by atoms with E-state index in [1.165, 1.54) is 57.8 Å². The molecule has 0 radical (unpaired) electrons. The highest BCUT2D eigenvalue weighted by Gasteiger charge is 2.62. The van der Waals surface area contributed by atoms with Crippen molar-refractivity contribution in [3.8, 4) is 0 Å². The van der Waals surface area contributed by atoms with Crippen molar-refractivity contribution >= 4 is 0 Å². The fraction of sp³-hybridized carbons (Fsp3) is 1.00. The molecule has 11 atom stereocenters. The predicted octanol–water partition coefficient (Wildman–Crippen LogP) is 7.96. The summed E-state index contributed by atoms with van der Waals surface area (Å²) in [5.41, 5.74) is 0.758. The molecule has 1 heteroatoms. The smallest absolute Gasteiger partial charge is 0.0599 e. The summed E-state index contributed by atoms with van der Waals surface area (Å²) in [5.74, 6) is 7.66. The van der Waals surface area contributed by atoms with E-state index >= 15 is 0 Å². The first-order valence-corrected chi connectivity index (χ1v) is 13.8. The molecule has 1 nitrogen and oxygen atoms in total. The summed E-state index contributed by atoms with van der Waals surface area (Å²) in [6.45, 7) is 17.5. The lowest BCUT2D eigenvalue weighted by Gasteiger charge is -2.63. The highest BCUT2D eigenvalue weighted by molar-refractivity contribution is 5.11. The molecule has 4 rings (SSSR count). The van der Waals surface area contributed by atoms with Gasteiger partial charge in [-0.2, -0.15) is 0 Å². The molecule has 1 N–H and O–H groups in total. The fourth-order valence-corrected chi connectivity index (χ4v) is 9.78. The Morgan fingerprint density at radius 3 is 2.20 bits per heavy atom. The van der Waals surface area contributed by atoms with Crippen LogP contribution in [0.3, 0.4) is 0 Å². The first-order chi connectivity index (χ1) is 14.1. The van der Waals surface area contributed by atoms with E-state index in [-0.39, 0.29) is 11.5 Å². The molecule has 0 aromatic heterocycles. The fourth-order valence-electron chi connectivity index (χ4n) is 9.78. The van der Waals surface area contributed by atoms with Gasteiger partial charge in [0.25, 0.3) is 0 Å². The topological polar surface area (TPSA) is 20.2 Å². The Balaban J connectivity index is 1.50. The van der Waals surface area contributed by atoms with Crippen molar-refractivity contribution in [2.45, 2.75) is 119 Å². The highest BCUT2D eigenvalue weighted by Crippen LogP contribution is 2.68. The second-order valence-electron chi connectivity index (χ2n) is 13.5. The molecule has 0 heterocycles. The van der Waals surface area contributed by atoms with Crippen molar-refractivity contribution in [3.63, 3.8) is 0 Å². The SMILES string of the molecule is CC(C)[C@@H](C)CC[C@@H](C)[C@H]1CC[C@H]2[C@@H]3CCC4[C@H](C)CCC(O)[C@]4(C)[C@H]3CC[C@]12C. The minimum absolute atomic E-state index is 0.0514. The standard InChI is InChI=1S/C29H52O/c1-18(2)19(3)8-9-20(4)23-13-14-25-22-11-12-24-21(5)10-15-27(30)29(24,7)26(22)16-17-28(23,25)6/h18-27,30H,8-17H2,1-7H3/t19-,20+,21+,22-,23+,24?,25-,26-,27?,28+,29-/m0/s1. The highest BCUT2D eigenvalue weighted by atomic mass is 16.3. The lowest BCUT2D eigenvalue weighted by atomic mass is 9.42. The quantitative estimate of drug-likeness (QED) is 0.482. The maximum absolute atomic E-state index is 11.2. The van der Waals surface area contributed by atoms with Gasteiger partial charge in [0.05, 0.1) is 6.10 Å². The molecule has 0 spiro atoms. The van der Waals surface area contributed by atoms with E-state index in [0.717, 1.165) is 59.7 Å². The number of fused-ring (bicyclic) bond motifs is 5. The van der Waals surface area contributed by atoms with Crippen LogP contribution in [0.5, 0.6) is 0 Å². The van der Waals surface area contributed by atoms with E-state index in [2.05, 4.69) is 48.5 Å². The zero-order valence-corrected chi connectivity index (χ0v) is 21.3. The van der Waals surface area contributed by atoms with E-state index in [9.17, 15) is 5.11 Å². The van der Waals surface area contributed by atoms with Crippen molar-refractivity contribution in [1.82, 2.24) is 0 Å². The van der Waals surface area contributed by atoms with Crippen molar-refractivity contribution in [1.29, 1.82) is 0 Å². The molecule has 4 fully saturated rings. The third-order valence-corrected chi connectivity index (χ3v) is 12.1. The van der Waals surface area contributed by atoms with Gasteiger partial charge in [-0.1, -0.05) is 61.3 Å². The number of aliphatic hydroxyl groups is 1. The summed E-state index contributed by atoms with van der Waals surface area (Å²) < 4.78 is 0. The van der Waals surface area contributed by atoms with E-state index in [0.29, 0.717) is 5.41 Å². The summed E-state index contributed by atoms with van der Waals surface area (Å²) in [5, 5.41) is 11.2. The van der Waals surface area contributed by atoms with E-state index in [1.807, 2.05) is 0 Å². The van der Waals surface area contributed by atoms with Crippen molar-refractivity contribution < 1.29 is 5.11 Å². The van der Waals surface area contributed by atoms with E-state index in [4.69, 9.17) is 0 Å². The average Bonchev–Trinajstić information content (AvgIpc) is 3.06. The molecular formula is C29H52O. The zero-order chi connectivity index (χ0) is 21.8. The van der Waals surface area contributed by atoms with Gasteiger partial charge < -0.3 is 5.11 Å². The molecule has 2 unspecified atom stereocenters. The van der Waals surface area contributed by atoms with Gasteiger partial charge >= 0.3 is 0 Å². The molecule has 4 aliphatic carbocycles. The van der Waals surface area contributed by atoms with Gasteiger partial charge in [0.1, 0.15) is 0 Å². The van der Waals surface area contributed by atoms with Crippen LogP contribution in [0.15, 0.2) is 0 Å². The summed E-state index contributed by atoms with van der Waals surface area (Å²) >= 11 is 0. The van der Waals surface area contributed by atoms with Crippen molar-refractivity contribution in [2.24, 2.45) is 64.1 Å². The third-order valence-electron chi connectivity index (χ3n) is 12.1. The van der Waals surface area contributed by atoms with Gasteiger partial charge in [0, 0.05) is 0 Å². The third kappa shape index (κ3) is 3.52. The largest absolute Gasteiger partial charge is 0.393 e. The van der Waals surface area contributed by atoms with Gasteiger partial charge in [-0.15, -0.1) is 0 Å². The molecule has 0 bridgehead atoms. The monoisotopic (exact) mass is 416 g/mol. The minimum Gasteiger partial charge on any atom is -0.393 e. The molecule has 30 heavy (non-hydrogen) atoms. The predicted molar refractivity (Wildman–Crippen MR) is 128 cm³/mol. The molecule has 0 aromatic rings. The van der Waals surface area contributed by atoms with Gasteiger partial charge in [0.2, 0.25) is 0 Å². The second-order valence-corrected chi connectivity index (χ2v) is 13.5. The zero-order valence-electron chi connectivity index (χ0n) is 21.3. The van der Waals surface area contributed by atoms with Gasteiger partial charge in [0.15, 0.2) is 0 Å². The Morgan fingerprint density at radius 2 is 1.50 bits per heavy atom. The number of rotatable bonds is 5. The first-order valence-electron chi connectivity index (χ1n) is 13.8. The van der Waals surface area contributed by atoms with Crippen LogP contribution in [0.2, 0.25) is 0 Å².